The second-order valence-corrected chi connectivity index (χ2v) is 7.56. The molecule has 0 bridgehead atoms. The molecule has 0 aliphatic heterocycles. The third-order valence-electron chi connectivity index (χ3n) is 3.74. The van der Waals surface area contributed by atoms with Crippen molar-refractivity contribution in [1.82, 2.24) is 0 Å². The maximum atomic E-state index is 12.4. The molecule has 2 N–H and O–H groups in total. The SMILES string of the molecule is Cc1ccc(/C=C/S(=O)(=O)O)c(C)c1.N=C([O-])c1ccc(C(F)(F)F)cc1C(F)(F)F. The number of alkyl halides is 6. The number of hydrogen-bond acceptors (Lipinski definition) is 4. The van der Waals surface area contributed by atoms with Gasteiger partial charge in [0.2, 0.25) is 0 Å². The van der Waals surface area contributed by atoms with Gasteiger partial charge in [-0.3, -0.25) is 4.55 Å². The van der Waals surface area contributed by atoms with Crippen LogP contribution in [0, 0.1) is 19.3 Å². The normalized spacial score (nSPS) is 12.4. The van der Waals surface area contributed by atoms with Crippen molar-refractivity contribution < 1.29 is 44.4 Å². The third-order valence-corrected chi connectivity index (χ3v) is 4.22. The molecule has 0 aliphatic carbocycles. The van der Waals surface area contributed by atoms with Crippen LogP contribution in [0.15, 0.2) is 41.8 Å². The van der Waals surface area contributed by atoms with Crippen LogP contribution in [0.5, 0.6) is 0 Å². The Balaban J connectivity index is 0.000000316. The summed E-state index contributed by atoms with van der Waals surface area (Å²) in [6, 6.07) is 6.15. The van der Waals surface area contributed by atoms with Gasteiger partial charge in [-0.1, -0.05) is 29.8 Å². The van der Waals surface area contributed by atoms with Crippen LogP contribution >= 0.6 is 0 Å². The maximum absolute atomic E-state index is 12.4. The van der Waals surface area contributed by atoms with E-state index in [1.165, 1.54) is 6.08 Å². The van der Waals surface area contributed by atoms with Crippen LogP contribution in [0.3, 0.4) is 0 Å². The van der Waals surface area contributed by atoms with Gasteiger partial charge < -0.3 is 10.5 Å². The molecule has 0 fully saturated rings. The summed E-state index contributed by atoms with van der Waals surface area (Å²) in [4.78, 5) is 0. The highest BCUT2D eigenvalue weighted by Gasteiger charge is 2.37. The lowest BCUT2D eigenvalue weighted by atomic mass is 10.0. The summed E-state index contributed by atoms with van der Waals surface area (Å²) in [6.07, 6.45) is -8.68. The first-order valence-electron chi connectivity index (χ1n) is 8.19. The van der Waals surface area contributed by atoms with Crippen molar-refractivity contribution in [3.8, 4) is 0 Å². The van der Waals surface area contributed by atoms with Gasteiger partial charge in [-0.05, 0) is 54.6 Å². The molecule has 31 heavy (non-hydrogen) atoms. The van der Waals surface area contributed by atoms with Crippen LogP contribution in [0.1, 0.15) is 33.4 Å². The largest absolute Gasteiger partial charge is 0.859 e. The number of hydrogen-bond donors (Lipinski definition) is 2. The van der Waals surface area contributed by atoms with E-state index in [1.807, 2.05) is 32.0 Å². The highest BCUT2D eigenvalue weighted by atomic mass is 32.2. The predicted molar refractivity (Wildman–Crippen MR) is 99.8 cm³/mol. The van der Waals surface area contributed by atoms with Crippen LogP contribution in [0.2, 0.25) is 0 Å². The van der Waals surface area contributed by atoms with Crippen molar-refractivity contribution in [2.45, 2.75) is 26.2 Å². The van der Waals surface area contributed by atoms with Crippen LogP contribution in [-0.4, -0.2) is 18.9 Å². The molecule has 0 heterocycles. The maximum Gasteiger partial charge on any atom is 0.417 e. The zero-order chi connectivity index (χ0) is 24.2. The zero-order valence-electron chi connectivity index (χ0n) is 16.0. The van der Waals surface area contributed by atoms with Crippen molar-refractivity contribution >= 4 is 22.1 Å². The molecule has 0 radical (unpaired) electrons. The lowest BCUT2D eigenvalue weighted by Gasteiger charge is -2.18. The molecule has 2 rings (SSSR count). The molecule has 0 unspecified atom stereocenters. The first-order chi connectivity index (χ1) is 13.9. The summed E-state index contributed by atoms with van der Waals surface area (Å²) in [5.74, 6) is -1.69. The van der Waals surface area contributed by atoms with Gasteiger partial charge in [0.15, 0.2) is 0 Å². The highest BCUT2D eigenvalue weighted by molar-refractivity contribution is 7.88. The van der Waals surface area contributed by atoms with Crippen molar-refractivity contribution in [1.29, 1.82) is 5.41 Å². The molecule has 0 spiro atoms. The Bertz CT molecular complexity index is 1090. The number of halogens is 6. The Morgan fingerprint density at radius 3 is 2.00 bits per heavy atom. The van der Waals surface area contributed by atoms with E-state index in [1.54, 1.807) is 0 Å². The molecule has 0 amide bonds. The molecule has 0 atom stereocenters. The van der Waals surface area contributed by atoms with E-state index in [-0.39, 0.29) is 6.07 Å². The van der Waals surface area contributed by atoms with E-state index in [9.17, 15) is 39.9 Å². The van der Waals surface area contributed by atoms with Crippen molar-refractivity contribution in [3.05, 3.63) is 75.2 Å². The summed E-state index contributed by atoms with van der Waals surface area (Å²) < 4.78 is 103. The summed E-state index contributed by atoms with van der Waals surface area (Å²) in [7, 11) is -4.03. The van der Waals surface area contributed by atoms with Gasteiger partial charge in [-0.15, -0.1) is 0 Å². The van der Waals surface area contributed by atoms with E-state index >= 15 is 0 Å². The summed E-state index contributed by atoms with van der Waals surface area (Å²) in [6.45, 7) is 3.85. The van der Waals surface area contributed by atoms with Crippen LogP contribution in [0.25, 0.3) is 6.08 Å². The molecule has 5 nitrogen and oxygen atoms in total. The molecule has 2 aromatic carbocycles. The topological polar surface area (TPSA) is 101 Å². The minimum Gasteiger partial charge on any atom is -0.859 e. The Kier molecular flexibility index (Phi) is 8.04. The quantitative estimate of drug-likeness (QED) is 0.298. The van der Waals surface area contributed by atoms with Crippen LogP contribution < -0.4 is 5.11 Å². The highest BCUT2D eigenvalue weighted by Crippen LogP contribution is 2.37. The summed E-state index contributed by atoms with van der Waals surface area (Å²) >= 11 is 0. The van der Waals surface area contributed by atoms with Gasteiger partial charge in [0.25, 0.3) is 10.1 Å². The summed E-state index contributed by atoms with van der Waals surface area (Å²) in [5, 5.41) is 17.9. The molecule has 12 heteroatoms. The Labute approximate surface area is 173 Å². The minimum absolute atomic E-state index is 0.179. The third kappa shape index (κ3) is 8.42. The first-order valence-corrected chi connectivity index (χ1v) is 9.69. The Morgan fingerprint density at radius 2 is 1.58 bits per heavy atom. The number of rotatable bonds is 3. The van der Waals surface area contributed by atoms with E-state index in [0.29, 0.717) is 12.1 Å². The smallest absolute Gasteiger partial charge is 0.417 e. The van der Waals surface area contributed by atoms with Gasteiger partial charge in [0, 0.05) is 0 Å². The number of benzene rings is 2. The second-order valence-electron chi connectivity index (χ2n) is 6.26. The van der Waals surface area contributed by atoms with E-state index < -0.39 is 45.1 Å². The fraction of sp³-hybridized carbons (Fsp3) is 0.211. The zero-order valence-corrected chi connectivity index (χ0v) is 16.8. The minimum atomic E-state index is -5.12. The monoisotopic (exact) mass is 468 g/mol. The van der Waals surface area contributed by atoms with Gasteiger partial charge in [-0.25, -0.2) is 0 Å². The van der Waals surface area contributed by atoms with Gasteiger partial charge in [0.05, 0.1) is 16.5 Å². The fourth-order valence-corrected chi connectivity index (χ4v) is 2.64. The lowest BCUT2D eigenvalue weighted by Crippen LogP contribution is -2.23. The summed E-state index contributed by atoms with van der Waals surface area (Å²) in [5.41, 5.74) is -1.50. The van der Waals surface area contributed by atoms with Crippen LogP contribution in [0.4, 0.5) is 26.3 Å². The van der Waals surface area contributed by atoms with Gasteiger partial charge in [-0.2, -0.15) is 34.8 Å². The van der Waals surface area contributed by atoms with Gasteiger partial charge >= 0.3 is 12.4 Å². The number of nitrogens with one attached hydrogen (secondary N) is 1. The molecule has 0 aliphatic rings. The molecular formula is C19H16F6NO4S-. The van der Waals surface area contributed by atoms with Crippen LogP contribution in [-0.2, 0) is 22.5 Å². The molecular weight excluding hydrogens is 452 g/mol. The Morgan fingerprint density at radius 1 is 1.00 bits per heavy atom. The molecule has 0 aromatic heterocycles. The average molecular weight is 468 g/mol. The average Bonchev–Trinajstić information content (AvgIpc) is 2.58. The molecule has 2 aromatic rings. The molecule has 0 saturated heterocycles. The standard InChI is InChI=1S/C10H12O3S.C9H5F6NO/c1-8-3-4-10(9(2)7-8)5-6-14(11,12)13;10-8(11,12)4-1-2-5(7(16)17)6(3-4)9(13,14)15/h3-7H,1-2H3,(H,11,12,13);1-3H,(H2,16,17)/p-1/b6-5+;. The van der Waals surface area contributed by atoms with Crippen molar-refractivity contribution in [2.24, 2.45) is 0 Å². The van der Waals surface area contributed by atoms with Gasteiger partial charge in [0.1, 0.15) is 0 Å². The number of aryl methyl sites for hydroxylation is 2. The van der Waals surface area contributed by atoms with E-state index in [2.05, 4.69) is 0 Å². The molecule has 0 saturated carbocycles. The lowest BCUT2D eigenvalue weighted by molar-refractivity contribution is -0.215. The van der Waals surface area contributed by atoms with Crippen molar-refractivity contribution in [3.63, 3.8) is 0 Å². The predicted octanol–water partition coefficient (Wildman–Crippen LogP) is 4.57. The van der Waals surface area contributed by atoms with E-state index in [4.69, 9.17) is 9.96 Å². The van der Waals surface area contributed by atoms with E-state index in [0.717, 1.165) is 22.1 Å². The first kappa shape index (κ1) is 26.2. The van der Waals surface area contributed by atoms with Crippen molar-refractivity contribution in [2.75, 3.05) is 0 Å². The Hall–Kier alpha value is -2.86. The molecule has 170 valence electrons. The second kappa shape index (κ2) is 9.52. The fourth-order valence-electron chi connectivity index (χ4n) is 2.33.